The van der Waals surface area contributed by atoms with Crippen molar-refractivity contribution >= 4 is 27.6 Å². The molecule has 3 amide bonds. The average molecular weight is 455 g/mol. The largest absolute Gasteiger partial charge is 0.337 e. The van der Waals surface area contributed by atoms with Crippen molar-refractivity contribution in [1.29, 1.82) is 0 Å². The zero-order chi connectivity index (χ0) is 22.9. The molecule has 7 nitrogen and oxygen atoms in total. The van der Waals surface area contributed by atoms with Crippen LogP contribution in [0.4, 0.5) is 0 Å². The van der Waals surface area contributed by atoms with E-state index in [9.17, 15) is 22.8 Å². The van der Waals surface area contributed by atoms with Crippen molar-refractivity contribution in [2.45, 2.75) is 38.3 Å². The number of carbonyl (C=O) groups is 3. The quantitative estimate of drug-likeness (QED) is 0.599. The maximum Gasteiger partial charge on any atom is 0.262 e. The maximum absolute atomic E-state index is 13.8. The molecule has 4 rings (SSSR count). The highest BCUT2D eigenvalue weighted by molar-refractivity contribution is 7.91. The first-order chi connectivity index (χ1) is 15.3. The van der Waals surface area contributed by atoms with E-state index in [2.05, 4.69) is 0 Å². The molecule has 1 fully saturated rings. The van der Waals surface area contributed by atoms with Gasteiger partial charge >= 0.3 is 0 Å². The van der Waals surface area contributed by atoms with Gasteiger partial charge in [-0.2, -0.15) is 0 Å². The summed E-state index contributed by atoms with van der Waals surface area (Å²) in [7, 11) is -3.20. The Balaban J connectivity index is 1.71. The lowest BCUT2D eigenvalue weighted by Crippen LogP contribution is -2.55. The molecule has 32 heavy (non-hydrogen) atoms. The van der Waals surface area contributed by atoms with Crippen LogP contribution >= 0.6 is 0 Å². The van der Waals surface area contributed by atoms with Crippen LogP contribution < -0.4 is 0 Å². The van der Waals surface area contributed by atoms with Gasteiger partial charge in [0, 0.05) is 19.0 Å². The predicted octanol–water partition coefficient (Wildman–Crippen LogP) is 2.32. The van der Waals surface area contributed by atoms with Crippen molar-refractivity contribution in [3.63, 3.8) is 0 Å². The van der Waals surface area contributed by atoms with E-state index in [1.165, 1.54) is 0 Å². The molecule has 0 radical (unpaired) electrons. The predicted molar refractivity (Wildman–Crippen MR) is 120 cm³/mol. The van der Waals surface area contributed by atoms with Crippen molar-refractivity contribution in [2.24, 2.45) is 0 Å². The van der Waals surface area contributed by atoms with E-state index in [1.807, 2.05) is 37.3 Å². The molecular formula is C24H26N2O5S. The van der Waals surface area contributed by atoms with Crippen LogP contribution in [-0.4, -0.2) is 66.1 Å². The average Bonchev–Trinajstić information content (AvgIpc) is 3.27. The second-order valence-electron chi connectivity index (χ2n) is 8.32. The topological polar surface area (TPSA) is 91.8 Å². The number of fused-ring (bicyclic) bond motifs is 1. The molecule has 2 aromatic rings. The van der Waals surface area contributed by atoms with E-state index in [4.69, 9.17) is 0 Å². The highest BCUT2D eigenvalue weighted by Crippen LogP contribution is 2.28. The van der Waals surface area contributed by atoms with E-state index in [1.54, 1.807) is 29.2 Å². The molecule has 2 atom stereocenters. The molecule has 0 aromatic heterocycles. The summed E-state index contributed by atoms with van der Waals surface area (Å²) in [6.07, 6.45) is 1.18. The molecule has 0 bridgehead atoms. The number of hydrogen-bond donors (Lipinski definition) is 0. The van der Waals surface area contributed by atoms with Gasteiger partial charge in [-0.1, -0.05) is 49.4 Å². The Labute approximate surface area is 187 Å². The number of rotatable bonds is 7. The molecule has 0 aliphatic carbocycles. The molecule has 0 N–H and O–H groups in total. The number of amides is 3. The standard InChI is InChI=1S/C24H26N2O5S/c1-2-13-25(18-12-14-32(30,31)16-18)24(29)21(15-17-8-4-3-5-9-17)26-22(27)19-10-6-7-11-20(19)23(26)28/h3-11,18,21H,2,12-16H2,1H3/t18-,21-/m0/s1. The van der Waals surface area contributed by atoms with Crippen LogP contribution in [0.25, 0.3) is 0 Å². The molecule has 2 heterocycles. The summed E-state index contributed by atoms with van der Waals surface area (Å²) in [6, 6.07) is 14.3. The van der Waals surface area contributed by atoms with E-state index in [0.717, 1.165) is 10.5 Å². The minimum atomic E-state index is -3.20. The second-order valence-corrected chi connectivity index (χ2v) is 10.5. The van der Waals surface area contributed by atoms with Gasteiger partial charge in [0.2, 0.25) is 5.91 Å². The van der Waals surface area contributed by atoms with Crippen LogP contribution in [0.15, 0.2) is 54.6 Å². The SMILES string of the molecule is CCCN(C(=O)[C@H](Cc1ccccc1)N1C(=O)c2ccccc2C1=O)[C@H]1CCS(=O)(=O)C1. The van der Waals surface area contributed by atoms with Crippen molar-refractivity contribution in [2.75, 3.05) is 18.1 Å². The van der Waals surface area contributed by atoms with Gasteiger partial charge in [-0.15, -0.1) is 0 Å². The second kappa shape index (κ2) is 8.86. The van der Waals surface area contributed by atoms with Crippen LogP contribution in [0.3, 0.4) is 0 Å². The Morgan fingerprint density at radius 3 is 2.16 bits per heavy atom. The molecule has 2 aliphatic heterocycles. The van der Waals surface area contributed by atoms with Gasteiger partial charge in [0.15, 0.2) is 9.84 Å². The molecule has 168 valence electrons. The first-order valence-electron chi connectivity index (χ1n) is 10.8. The van der Waals surface area contributed by atoms with Crippen LogP contribution in [-0.2, 0) is 21.1 Å². The molecule has 2 aromatic carbocycles. The van der Waals surface area contributed by atoms with Gasteiger partial charge in [0.05, 0.1) is 22.6 Å². The zero-order valence-corrected chi connectivity index (χ0v) is 18.8. The number of hydrogen-bond acceptors (Lipinski definition) is 5. The van der Waals surface area contributed by atoms with E-state index >= 15 is 0 Å². The van der Waals surface area contributed by atoms with Gasteiger partial charge < -0.3 is 4.90 Å². The third-order valence-corrected chi connectivity index (χ3v) is 7.84. The minimum Gasteiger partial charge on any atom is -0.337 e. The number of carbonyl (C=O) groups excluding carboxylic acids is 3. The fourth-order valence-corrected chi connectivity index (χ4v) is 6.27. The van der Waals surface area contributed by atoms with Crippen LogP contribution in [0, 0.1) is 0 Å². The first-order valence-corrected chi connectivity index (χ1v) is 12.7. The molecule has 0 spiro atoms. The van der Waals surface area contributed by atoms with E-state index in [-0.39, 0.29) is 35.0 Å². The molecule has 1 saturated heterocycles. The summed E-state index contributed by atoms with van der Waals surface area (Å²) >= 11 is 0. The number of nitrogens with zero attached hydrogens (tertiary/aromatic N) is 2. The fraction of sp³-hybridized carbons (Fsp3) is 0.375. The maximum atomic E-state index is 13.8. The lowest BCUT2D eigenvalue weighted by molar-refractivity contribution is -0.137. The van der Waals surface area contributed by atoms with Gasteiger partial charge in [-0.05, 0) is 30.5 Å². The third kappa shape index (κ3) is 4.19. The lowest BCUT2D eigenvalue weighted by Gasteiger charge is -2.34. The third-order valence-electron chi connectivity index (χ3n) is 6.09. The van der Waals surface area contributed by atoms with Gasteiger partial charge in [0.1, 0.15) is 6.04 Å². The normalized spacial score (nSPS) is 20.3. The Bertz CT molecular complexity index is 1110. The molecular weight excluding hydrogens is 428 g/mol. The molecule has 0 unspecified atom stereocenters. The van der Waals surface area contributed by atoms with Crippen molar-refractivity contribution < 1.29 is 22.8 Å². The Morgan fingerprint density at radius 2 is 1.62 bits per heavy atom. The summed E-state index contributed by atoms with van der Waals surface area (Å²) < 4.78 is 24.2. The summed E-state index contributed by atoms with van der Waals surface area (Å²) in [6.45, 7) is 2.28. The van der Waals surface area contributed by atoms with Gasteiger partial charge in [-0.25, -0.2) is 8.42 Å². The van der Waals surface area contributed by atoms with Gasteiger partial charge in [-0.3, -0.25) is 19.3 Å². The summed E-state index contributed by atoms with van der Waals surface area (Å²) in [5.41, 5.74) is 1.39. The number of imide groups is 1. The first kappa shape index (κ1) is 22.2. The lowest BCUT2D eigenvalue weighted by atomic mass is 10.0. The molecule has 8 heteroatoms. The Kier molecular flexibility index (Phi) is 6.15. The summed E-state index contributed by atoms with van der Waals surface area (Å²) in [5.74, 6) is -1.40. The highest BCUT2D eigenvalue weighted by atomic mass is 32.2. The van der Waals surface area contributed by atoms with Crippen LogP contribution in [0.2, 0.25) is 0 Å². The zero-order valence-electron chi connectivity index (χ0n) is 17.9. The molecule has 0 saturated carbocycles. The van der Waals surface area contributed by atoms with Crippen LogP contribution in [0.1, 0.15) is 46.0 Å². The Hall–Kier alpha value is -3.00. The summed E-state index contributed by atoms with van der Waals surface area (Å²) in [5, 5.41) is 0. The monoisotopic (exact) mass is 454 g/mol. The highest BCUT2D eigenvalue weighted by Gasteiger charge is 2.45. The van der Waals surface area contributed by atoms with Crippen molar-refractivity contribution in [3.05, 3.63) is 71.3 Å². The Morgan fingerprint density at radius 1 is 1.03 bits per heavy atom. The van der Waals surface area contributed by atoms with Crippen molar-refractivity contribution in [3.8, 4) is 0 Å². The fourth-order valence-electron chi connectivity index (χ4n) is 4.54. The van der Waals surface area contributed by atoms with Crippen LogP contribution in [0.5, 0.6) is 0 Å². The summed E-state index contributed by atoms with van der Waals surface area (Å²) in [4.78, 5) is 42.9. The molecule has 2 aliphatic rings. The van der Waals surface area contributed by atoms with E-state index < -0.39 is 33.7 Å². The van der Waals surface area contributed by atoms with Gasteiger partial charge in [0.25, 0.3) is 11.8 Å². The smallest absolute Gasteiger partial charge is 0.262 e. The number of sulfone groups is 1. The van der Waals surface area contributed by atoms with E-state index in [0.29, 0.717) is 19.4 Å². The minimum absolute atomic E-state index is 0.0432. The van der Waals surface area contributed by atoms with Crippen molar-refractivity contribution in [1.82, 2.24) is 9.80 Å². The number of benzene rings is 2.